The second kappa shape index (κ2) is 11.6. The number of rotatable bonds is 10. The van der Waals surface area contributed by atoms with Gasteiger partial charge in [-0.25, -0.2) is 4.99 Å². The Labute approximate surface area is 158 Å². The van der Waals surface area contributed by atoms with Gasteiger partial charge in [-0.2, -0.15) is 8.78 Å². The maximum absolute atomic E-state index is 12.4. The fourth-order valence-electron chi connectivity index (χ4n) is 2.69. The minimum atomic E-state index is -2.90. The number of hydrogen-bond donors (Lipinski definition) is 2. The SMILES string of the molecule is CCOc1cc(CN=C(N)NCCCN2CCOCC2)ccc1OC(F)F. The van der Waals surface area contributed by atoms with E-state index in [9.17, 15) is 8.78 Å². The van der Waals surface area contributed by atoms with E-state index in [1.807, 2.05) is 0 Å². The summed E-state index contributed by atoms with van der Waals surface area (Å²) in [6.07, 6.45) is 0.963. The Morgan fingerprint density at radius 3 is 2.81 bits per heavy atom. The lowest BCUT2D eigenvalue weighted by Crippen LogP contribution is -2.39. The number of halogens is 2. The summed E-state index contributed by atoms with van der Waals surface area (Å²) in [5.74, 6) is 0.624. The summed E-state index contributed by atoms with van der Waals surface area (Å²) < 4.78 is 40.0. The zero-order chi connectivity index (χ0) is 19.5. The molecule has 0 aliphatic carbocycles. The number of hydrogen-bond acceptors (Lipinski definition) is 5. The summed E-state index contributed by atoms with van der Waals surface area (Å²) in [4.78, 5) is 6.63. The molecule has 1 aliphatic rings. The molecule has 0 atom stereocenters. The molecule has 7 nitrogen and oxygen atoms in total. The molecule has 2 rings (SSSR count). The number of nitrogens with one attached hydrogen (secondary N) is 1. The van der Waals surface area contributed by atoms with Gasteiger partial charge in [0.25, 0.3) is 0 Å². The molecule has 1 saturated heterocycles. The van der Waals surface area contributed by atoms with Crippen LogP contribution in [0.15, 0.2) is 23.2 Å². The third-order valence-corrected chi connectivity index (χ3v) is 4.02. The second-order valence-corrected chi connectivity index (χ2v) is 6.03. The van der Waals surface area contributed by atoms with Crippen molar-refractivity contribution in [2.24, 2.45) is 10.7 Å². The average Bonchev–Trinajstić information content (AvgIpc) is 2.66. The van der Waals surface area contributed by atoms with Gasteiger partial charge in [-0.15, -0.1) is 0 Å². The molecule has 1 aromatic rings. The minimum Gasteiger partial charge on any atom is -0.490 e. The standard InChI is InChI=1S/C18H28F2N4O3/c1-2-26-16-12-14(4-5-15(16)27-17(19)20)13-23-18(21)22-6-3-7-24-8-10-25-11-9-24/h4-5,12,17H,2-3,6-11,13H2,1H3,(H3,21,22,23). The van der Waals surface area contributed by atoms with Crippen LogP contribution in [0.3, 0.4) is 0 Å². The first-order chi connectivity index (χ1) is 13.1. The number of nitrogens with zero attached hydrogens (tertiary/aromatic N) is 2. The number of guanidine groups is 1. The van der Waals surface area contributed by atoms with Gasteiger partial charge >= 0.3 is 6.61 Å². The lowest BCUT2D eigenvalue weighted by atomic mass is 10.2. The maximum atomic E-state index is 12.4. The minimum absolute atomic E-state index is 0.00814. The molecule has 0 bridgehead atoms. The van der Waals surface area contributed by atoms with Gasteiger partial charge in [0, 0.05) is 19.6 Å². The molecule has 0 unspecified atom stereocenters. The third-order valence-electron chi connectivity index (χ3n) is 4.02. The van der Waals surface area contributed by atoms with Crippen LogP contribution in [0.5, 0.6) is 11.5 Å². The van der Waals surface area contributed by atoms with Gasteiger partial charge in [-0.3, -0.25) is 4.90 Å². The summed E-state index contributed by atoms with van der Waals surface area (Å²) in [6, 6.07) is 4.75. The van der Waals surface area contributed by atoms with Gasteiger partial charge in [0.05, 0.1) is 26.4 Å². The molecule has 1 fully saturated rings. The Balaban J connectivity index is 1.78. The predicted molar refractivity (Wildman–Crippen MR) is 99.4 cm³/mol. The van der Waals surface area contributed by atoms with Crippen LogP contribution in [0.25, 0.3) is 0 Å². The summed E-state index contributed by atoms with van der Waals surface area (Å²) >= 11 is 0. The molecule has 9 heteroatoms. The van der Waals surface area contributed by atoms with Crippen molar-refractivity contribution >= 4 is 5.96 Å². The van der Waals surface area contributed by atoms with Crippen LogP contribution >= 0.6 is 0 Å². The first-order valence-electron chi connectivity index (χ1n) is 9.13. The first-order valence-corrected chi connectivity index (χ1v) is 9.13. The van der Waals surface area contributed by atoms with Crippen molar-refractivity contribution in [2.75, 3.05) is 46.0 Å². The fraction of sp³-hybridized carbons (Fsp3) is 0.611. The highest BCUT2D eigenvalue weighted by Crippen LogP contribution is 2.30. The quantitative estimate of drug-likeness (QED) is 0.363. The summed E-state index contributed by atoms with van der Waals surface area (Å²) in [5, 5.41) is 3.08. The van der Waals surface area contributed by atoms with E-state index in [1.54, 1.807) is 19.1 Å². The van der Waals surface area contributed by atoms with Crippen LogP contribution in [0.2, 0.25) is 0 Å². The van der Waals surface area contributed by atoms with Crippen molar-refractivity contribution in [3.8, 4) is 11.5 Å². The highest BCUT2D eigenvalue weighted by Gasteiger charge is 2.12. The smallest absolute Gasteiger partial charge is 0.387 e. The lowest BCUT2D eigenvalue weighted by molar-refractivity contribution is -0.0514. The van der Waals surface area contributed by atoms with E-state index in [0.717, 1.165) is 51.4 Å². The lowest BCUT2D eigenvalue weighted by Gasteiger charge is -2.26. The van der Waals surface area contributed by atoms with Gasteiger partial charge in [-0.05, 0) is 37.6 Å². The normalized spacial score (nSPS) is 15.8. The predicted octanol–water partition coefficient (Wildman–Crippen LogP) is 1.81. The molecule has 0 saturated carbocycles. The van der Waals surface area contributed by atoms with Gasteiger partial charge in [0.2, 0.25) is 0 Å². The number of ether oxygens (including phenoxy) is 3. The number of morpholine rings is 1. The van der Waals surface area contributed by atoms with Crippen LogP contribution in [0, 0.1) is 0 Å². The highest BCUT2D eigenvalue weighted by molar-refractivity contribution is 5.77. The highest BCUT2D eigenvalue weighted by atomic mass is 19.3. The molecule has 0 radical (unpaired) electrons. The first kappa shape index (κ1) is 21.2. The van der Waals surface area contributed by atoms with Gasteiger partial charge < -0.3 is 25.3 Å². The fourth-order valence-corrected chi connectivity index (χ4v) is 2.69. The monoisotopic (exact) mass is 386 g/mol. The van der Waals surface area contributed by atoms with Crippen LogP contribution in [0.1, 0.15) is 18.9 Å². The van der Waals surface area contributed by atoms with Crippen molar-refractivity contribution in [3.05, 3.63) is 23.8 Å². The number of benzene rings is 1. The van der Waals surface area contributed by atoms with Gasteiger partial charge in [0.15, 0.2) is 17.5 Å². The summed E-state index contributed by atoms with van der Waals surface area (Å²) in [5.41, 5.74) is 6.67. The Hall–Kier alpha value is -2.13. The largest absolute Gasteiger partial charge is 0.490 e. The Bertz CT molecular complexity index is 596. The van der Waals surface area contributed by atoms with E-state index in [2.05, 4.69) is 19.9 Å². The van der Waals surface area contributed by atoms with Crippen molar-refractivity contribution in [3.63, 3.8) is 0 Å². The summed E-state index contributed by atoms with van der Waals surface area (Å²) in [7, 11) is 0. The molecule has 1 heterocycles. The van der Waals surface area contributed by atoms with E-state index in [0.29, 0.717) is 19.1 Å². The molecule has 0 spiro atoms. The van der Waals surface area contributed by atoms with E-state index in [-0.39, 0.29) is 11.5 Å². The Morgan fingerprint density at radius 2 is 2.11 bits per heavy atom. The molecule has 152 valence electrons. The average molecular weight is 386 g/mol. The third kappa shape index (κ3) is 7.96. The van der Waals surface area contributed by atoms with E-state index >= 15 is 0 Å². The van der Waals surface area contributed by atoms with E-state index in [4.69, 9.17) is 15.2 Å². The van der Waals surface area contributed by atoms with Crippen LogP contribution < -0.4 is 20.5 Å². The molecule has 0 amide bonds. The van der Waals surface area contributed by atoms with Gasteiger partial charge in [-0.1, -0.05) is 6.07 Å². The molecule has 3 N–H and O–H groups in total. The molecular weight excluding hydrogens is 358 g/mol. The molecule has 0 aromatic heterocycles. The maximum Gasteiger partial charge on any atom is 0.387 e. The van der Waals surface area contributed by atoms with E-state index in [1.165, 1.54) is 6.07 Å². The number of aliphatic imine (C=N–C) groups is 1. The van der Waals surface area contributed by atoms with E-state index < -0.39 is 6.61 Å². The second-order valence-electron chi connectivity index (χ2n) is 6.03. The van der Waals surface area contributed by atoms with Crippen molar-refractivity contribution in [1.29, 1.82) is 0 Å². The van der Waals surface area contributed by atoms with Crippen molar-refractivity contribution < 1.29 is 23.0 Å². The zero-order valence-corrected chi connectivity index (χ0v) is 15.6. The zero-order valence-electron chi connectivity index (χ0n) is 15.6. The molecule has 1 aromatic carbocycles. The van der Waals surface area contributed by atoms with Crippen molar-refractivity contribution in [1.82, 2.24) is 10.2 Å². The van der Waals surface area contributed by atoms with Crippen molar-refractivity contribution in [2.45, 2.75) is 26.5 Å². The van der Waals surface area contributed by atoms with Crippen LogP contribution in [0.4, 0.5) is 8.78 Å². The molecular formula is C18H28F2N4O3. The molecule has 27 heavy (non-hydrogen) atoms. The Kier molecular flexibility index (Phi) is 9.06. The number of alkyl halides is 2. The Morgan fingerprint density at radius 1 is 1.33 bits per heavy atom. The van der Waals surface area contributed by atoms with Crippen LogP contribution in [-0.2, 0) is 11.3 Å². The molecule has 1 aliphatic heterocycles. The van der Waals surface area contributed by atoms with Crippen LogP contribution in [-0.4, -0.2) is 63.5 Å². The topological polar surface area (TPSA) is 81.3 Å². The van der Waals surface area contributed by atoms with Gasteiger partial charge in [0.1, 0.15) is 0 Å². The summed E-state index contributed by atoms with van der Waals surface area (Å²) in [6.45, 7) is 4.79. The number of nitrogens with two attached hydrogens (primary N) is 1.